The molecule has 112 valence electrons. The molecule has 0 aromatic heterocycles. The summed E-state index contributed by atoms with van der Waals surface area (Å²) in [5.41, 5.74) is 8.51. The van der Waals surface area contributed by atoms with Crippen LogP contribution in [-0.4, -0.2) is 44.7 Å². The number of nitrogens with two attached hydrogens (primary N) is 1. The van der Waals surface area contributed by atoms with E-state index in [2.05, 4.69) is 28.9 Å². The number of hydrogen-bond acceptors (Lipinski definition) is 4. The number of benzene rings is 1. The Morgan fingerprint density at radius 1 is 1.25 bits per heavy atom. The Morgan fingerprint density at radius 3 is 2.50 bits per heavy atom. The van der Waals surface area contributed by atoms with E-state index in [1.807, 2.05) is 13.0 Å². The first-order valence-electron chi connectivity index (χ1n) is 7.57. The number of anilines is 1. The zero-order valence-electron chi connectivity index (χ0n) is 12.9. The highest BCUT2D eigenvalue weighted by Gasteiger charge is 2.21. The number of piperazine rings is 1. The largest absolute Gasteiger partial charge is 0.496 e. The number of ether oxygens (including phenoxy) is 1. The van der Waals surface area contributed by atoms with Gasteiger partial charge in [0.15, 0.2) is 0 Å². The smallest absolute Gasteiger partial charge is 0.125 e. The molecule has 2 N–H and O–H groups in total. The van der Waals surface area contributed by atoms with Crippen LogP contribution in [0.4, 0.5) is 5.69 Å². The van der Waals surface area contributed by atoms with E-state index in [1.54, 1.807) is 7.11 Å². The Kier molecular flexibility index (Phi) is 5.26. The summed E-state index contributed by atoms with van der Waals surface area (Å²) in [5, 5.41) is 0. The average molecular weight is 277 g/mol. The number of methoxy groups -OCH3 is 1. The molecule has 0 radical (unpaired) electrons. The van der Waals surface area contributed by atoms with Crippen molar-refractivity contribution in [1.29, 1.82) is 0 Å². The molecule has 1 fully saturated rings. The molecular weight excluding hydrogens is 250 g/mol. The monoisotopic (exact) mass is 277 g/mol. The van der Waals surface area contributed by atoms with Gasteiger partial charge in [0, 0.05) is 43.5 Å². The topological polar surface area (TPSA) is 41.7 Å². The fraction of sp³-hybridized carbons (Fsp3) is 0.625. The molecule has 2 rings (SSSR count). The SMILES string of the molecule is CCCN1CCN(c2cccc(OC)c2[C@H](C)N)CC1. The van der Waals surface area contributed by atoms with Gasteiger partial charge < -0.3 is 15.4 Å². The maximum atomic E-state index is 6.16. The van der Waals surface area contributed by atoms with Crippen LogP contribution in [0, 0.1) is 0 Å². The van der Waals surface area contributed by atoms with Crippen molar-refractivity contribution in [1.82, 2.24) is 4.90 Å². The highest BCUT2D eigenvalue weighted by Crippen LogP contribution is 2.34. The van der Waals surface area contributed by atoms with Crippen LogP contribution in [0.1, 0.15) is 31.9 Å². The van der Waals surface area contributed by atoms with E-state index in [9.17, 15) is 0 Å². The second kappa shape index (κ2) is 6.95. The van der Waals surface area contributed by atoms with Crippen LogP contribution in [0.5, 0.6) is 5.75 Å². The Bertz CT molecular complexity index is 426. The van der Waals surface area contributed by atoms with Crippen molar-refractivity contribution in [2.75, 3.05) is 44.7 Å². The van der Waals surface area contributed by atoms with E-state index in [1.165, 1.54) is 18.7 Å². The van der Waals surface area contributed by atoms with Crippen molar-refractivity contribution < 1.29 is 4.74 Å². The fourth-order valence-electron chi connectivity index (χ4n) is 2.97. The molecule has 0 saturated carbocycles. The van der Waals surface area contributed by atoms with Crippen molar-refractivity contribution in [3.63, 3.8) is 0 Å². The van der Waals surface area contributed by atoms with Gasteiger partial charge in [-0.25, -0.2) is 0 Å². The van der Waals surface area contributed by atoms with E-state index in [0.29, 0.717) is 0 Å². The van der Waals surface area contributed by atoms with Crippen LogP contribution in [0.15, 0.2) is 18.2 Å². The Hall–Kier alpha value is -1.26. The van der Waals surface area contributed by atoms with Gasteiger partial charge in [-0.1, -0.05) is 13.0 Å². The van der Waals surface area contributed by atoms with Gasteiger partial charge in [0.1, 0.15) is 5.75 Å². The number of hydrogen-bond donors (Lipinski definition) is 1. The van der Waals surface area contributed by atoms with Gasteiger partial charge in [-0.3, -0.25) is 4.90 Å². The first-order chi connectivity index (χ1) is 9.67. The summed E-state index contributed by atoms with van der Waals surface area (Å²) in [6, 6.07) is 6.19. The fourth-order valence-corrected chi connectivity index (χ4v) is 2.97. The van der Waals surface area contributed by atoms with Gasteiger partial charge in [0.05, 0.1) is 7.11 Å². The normalized spacial score (nSPS) is 18.1. The first-order valence-corrected chi connectivity index (χ1v) is 7.57. The Morgan fingerprint density at radius 2 is 1.95 bits per heavy atom. The minimum atomic E-state index is -0.0187. The van der Waals surface area contributed by atoms with Crippen molar-refractivity contribution >= 4 is 5.69 Å². The molecule has 1 aromatic rings. The summed E-state index contributed by atoms with van der Waals surface area (Å²) in [6.07, 6.45) is 1.23. The van der Waals surface area contributed by atoms with E-state index >= 15 is 0 Å². The summed E-state index contributed by atoms with van der Waals surface area (Å²) in [7, 11) is 1.71. The number of nitrogens with zero attached hydrogens (tertiary/aromatic N) is 2. The molecule has 0 aliphatic carbocycles. The highest BCUT2D eigenvalue weighted by atomic mass is 16.5. The van der Waals surface area contributed by atoms with E-state index < -0.39 is 0 Å². The molecule has 20 heavy (non-hydrogen) atoms. The number of rotatable bonds is 5. The summed E-state index contributed by atoms with van der Waals surface area (Å²) in [4.78, 5) is 4.97. The molecule has 1 aliphatic heterocycles. The summed E-state index contributed by atoms with van der Waals surface area (Å²) >= 11 is 0. The lowest BCUT2D eigenvalue weighted by Crippen LogP contribution is -2.47. The van der Waals surface area contributed by atoms with Gasteiger partial charge in [-0.2, -0.15) is 0 Å². The lowest BCUT2D eigenvalue weighted by atomic mass is 10.0. The molecule has 0 bridgehead atoms. The Balaban J connectivity index is 2.17. The first kappa shape index (κ1) is 15.1. The molecule has 1 heterocycles. The molecule has 4 nitrogen and oxygen atoms in total. The van der Waals surface area contributed by atoms with Gasteiger partial charge in [-0.05, 0) is 32.0 Å². The van der Waals surface area contributed by atoms with Crippen LogP contribution >= 0.6 is 0 Å². The summed E-state index contributed by atoms with van der Waals surface area (Å²) in [5.74, 6) is 0.897. The third kappa shape index (κ3) is 3.25. The quantitative estimate of drug-likeness (QED) is 0.896. The van der Waals surface area contributed by atoms with Gasteiger partial charge in [0.2, 0.25) is 0 Å². The molecule has 1 aliphatic rings. The molecule has 4 heteroatoms. The summed E-state index contributed by atoms with van der Waals surface area (Å²) in [6.45, 7) is 9.84. The molecule has 0 spiro atoms. The van der Waals surface area contributed by atoms with Gasteiger partial charge in [-0.15, -0.1) is 0 Å². The minimum absolute atomic E-state index is 0.0187. The second-order valence-electron chi connectivity index (χ2n) is 5.51. The standard InChI is InChI=1S/C16H27N3O/c1-4-8-18-9-11-19(12-10-18)14-6-5-7-15(20-3)16(14)13(2)17/h5-7,13H,4,8-12,17H2,1-3H3/t13-/m0/s1. The van der Waals surface area contributed by atoms with Crippen molar-refractivity contribution in [3.05, 3.63) is 23.8 Å². The van der Waals surface area contributed by atoms with Crippen molar-refractivity contribution in [3.8, 4) is 5.75 Å². The second-order valence-corrected chi connectivity index (χ2v) is 5.51. The van der Waals surface area contributed by atoms with Crippen LogP contribution in [0.2, 0.25) is 0 Å². The van der Waals surface area contributed by atoms with E-state index in [0.717, 1.165) is 37.5 Å². The summed E-state index contributed by atoms with van der Waals surface area (Å²) < 4.78 is 5.48. The van der Waals surface area contributed by atoms with Crippen molar-refractivity contribution in [2.24, 2.45) is 5.73 Å². The molecule has 0 unspecified atom stereocenters. The van der Waals surface area contributed by atoms with Crippen LogP contribution in [0.3, 0.4) is 0 Å². The van der Waals surface area contributed by atoms with Gasteiger partial charge >= 0.3 is 0 Å². The van der Waals surface area contributed by atoms with Gasteiger partial charge in [0.25, 0.3) is 0 Å². The molecular formula is C16H27N3O. The molecule has 0 amide bonds. The molecule has 1 saturated heterocycles. The highest BCUT2D eigenvalue weighted by molar-refractivity contribution is 5.61. The average Bonchev–Trinajstić information content (AvgIpc) is 2.47. The van der Waals surface area contributed by atoms with E-state index in [4.69, 9.17) is 10.5 Å². The van der Waals surface area contributed by atoms with Crippen LogP contribution in [-0.2, 0) is 0 Å². The maximum Gasteiger partial charge on any atom is 0.125 e. The molecule has 1 atom stereocenters. The predicted molar refractivity (Wildman–Crippen MR) is 84.5 cm³/mol. The predicted octanol–water partition coefficient (Wildman–Crippen LogP) is 2.25. The Labute approximate surface area is 122 Å². The zero-order chi connectivity index (χ0) is 14.5. The lowest BCUT2D eigenvalue weighted by molar-refractivity contribution is 0.258. The van der Waals surface area contributed by atoms with Crippen LogP contribution < -0.4 is 15.4 Å². The zero-order valence-corrected chi connectivity index (χ0v) is 12.9. The van der Waals surface area contributed by atoms with Crippen LogP contribution in [0.25, 0.3) is 0 Å². The lowest BCUT2D eigenvalue weighted by Gasteiger charge is -2.37. The molecule has 1 aromatic carbocycles. The third-order valence-electron chi connectivity index (χ3n) is 3.97. The maximum absolute atomic E-state index is 6.16. The third-order valence-corrected chi connectivity index (χ3v) is 3.97. The van der Waals surface area contributed by atoms with Crippen molar-refractivity contribution in [2.45, 2.75) is 26.3 Å². The van der Waals surface area contributed by atoms with E-state index in [-0.39, 0.29) is 6.04 Å². The minimum Gasteiger partial charge on any atom is -0.496 e.